The predicted molar refractivity (Wildman–Crippen MR) is 50.0 cm³/mol. The third-order valence-electron chi connectivity index (χ3n) is 2.04. The van der Waals surface area contributed by atoms with Gasteiger partial charge in [-0.2, -0.15) is 0 Å². The molecular formula is C10H15NO2. The molecular weight excluding hydrogens is 166 g/mol. The average Bonchev–Trinajstić information content (AvgIpc) is 2.03. The number of hydrogen-bond acceptors (Lipinski definition) is 2. The van der Waals surface area contributed by atoms with Crippen LogP contribution in [0.2, 0.25) is 0 Å². The molecule has 13 heavy (non-hydrogen) atoms. The van der Waals surface area contributed by atoms with Gasteiger partial charge in [-0.05, 0) is 6.42 Å². The van der Waals surface area contributed by atoms with Gasteiger partial charge in [-0.25, -0.2) is 0 Å². The number of carbonyl (C=O) groups is 2. The molecule has 1 aliphatic heterocycles. The van der Waals surface area contributed by atoms with E-state index in [1.54, 1.807) is 0 Å². The van der Waals surface area contributed by atoms with Gasteiger partial charge in [-0.1, -0.05) is 31.4 Å². The minimum atomic E-state index is -0.168. The van der Waals surface area contributed by atoms with E-state index in [1.165, 1.54) is 0 Å². The lowest BCUT2D eigenvalue weighted by Gasteiger charge is -2.13. The fourth-order valence-electron chi connectivity index (χ4n) is 1.37. The van der Waals surface area contributed by atoms with Gasteiger partial charge in [0.15, 0.2) is 0 Å². The van der Waals surface area contributed by atoms with Gasteiger partial charge < -0.3 is 0 Å². The molecule has 72 valence electrons. The van der Waals surface area contributed by atoms with E-state index in [0.717, 1.165) is 24.8 Å². The molecule has 3 nitrogen and oxygen atoms in total. The van der Waals surface area contributed by atoms with Crippen molar-refractivity contribution in [2.75, 3.05) is 0 Å². The minimum absolute atomic E-state index is 0.168. The van der Waals surface area contributed by atoms with E-state index in [0.29, 0.717) is 12.8 Å². The Bertz CT molecular complexity index is 225. The van der Waals surface area contributed by atoms with Crippen LogP contribution in [0.1, 0.15) is 39.0 Å². The van der Waals surface area contributed by atoms with Gasteiger partial charge in [-0.15, -0.1) is 0 Å². The van der Waals surface area contributed by atoms with Gasteiger partial charge in [0.05, 0.1) is 0 Å². The van der Waals surface area contributed by atoms with Crippen LogP contribution in [0.5, 0.6) is 0 Å². The molecule has 3 heteroatoms. The summed E-state index contributed by atoms with van der Waals surface area (Å²) < 4.78 is 0. The van der Waals surface area contributed by atoms with Gasteiger partial charge in [0.25, 0.3) is 0 Å². The average molecular weight is 181 g/mol. The molecule has 0 saturated carbocycles. The molecule has 1 aliphatic rings. The molecule has 0 radical (unpaired) electrons. The Morgan fingerprint density at radius 2 is 1.92 bits per heavy atom. The van der Waals surface area contributed by atoms with E-state index < -0.39 is 0 Å². The van der Waals surface area contributed by atoms with Crippen molar-refractivity contribution in [3.05, 3.63) is 11.6 Å². The zero-order chi connectivity index (χ0) is 9.68. The highest BCUT2D eigenvalue weighted by Crippen LogP contribution is 2.13. The highest BCUT2D eigenvalue weighted by Gasteiger charge is 2.18. The first-order valence-electron chi connectivity index (χ1n) is 4.73. The number of carbonyl (C=O) groups excluding carboxylic acids is 2. The number of imide groups is 1. The first-order valence-corrected chi connectivity index (χ1v) is 4.73. The highest BCUT2D eigenvalue weighted by atomic mass is 16.2. The molecule has 1 N–H and O–H groups in total. The molecule has 0 aromatic heterocycles. The van der Waals surface area contributed by atoms with Crippen LogP contribution in [0, 0.1) is 0 Å². The maximum Gasteiger partial charge on any atom is 0.230 e. The highest BCUT2D eigenvalue weighted by molar-refractivity contribution is 6.00. The molecule has 0 aromatic carbocycles. The molecule has 2 amide bonds. The third kappa shape index (κ3) is 3.40. The Morgan fingerprint density at radius 1 is 1.31 bits per heavy atom. The van der Waals surface area contributed by atoms with E-state index in [-0.39, 0.29) is 11.8 Å². The smallest absolute Gasteiger partial charge is 0.230 e. The van der Waals surface area contributed by atoms with Crippen LogP contribution in [0.15, 0.2) is 11.6 Å². The van der Waals surface area contributed by atoms with Crippen molar-refractivity contribution in [3.63, 3.8) is 0 Å². The van der Waals surface area contributed by atoms with Crippen LogP contribution in [-0.4, -0.2) is 11.8 Å². The first-order chi connectivity index (χ1) is 6.22. The monoisotopic (exact) mass is 181 g/mol. The molecule has 1 heterocycles. The standard InChI is InChI=1S/C10H15NO2/c1-2-3-4-5-8-6-9(12)11-10(13)7-8/h5H,2-4,6-7H2,1H3,(H,11,12,13). The van der Waals surface area contributed by atoms with Crippen LogP contribution in [0.4, 0.5) is 0 Å². The summed E-state index contributed by atoms with van der Waals surface area (Å²) in [6.45, 7) is 2.12. The summed E-state index contributed by atoms with van der Waals surface area (Å²) in [6.07, 6.45) is 6.07. The van der Waals surface area contributed by atoms with Crippen molar-refractivity contribution in [1.29, 1.82) is 0 Å². The summed E-state index contributed by atoms with van der Waals surface area (Å²) >= 11 is 0. The Labute approximate surface area is 78.2 Å². The van der Waals surface area contributed by atoms with Crippen LogP contribution in [0.25, 0.3) is 0 Å². The van der Waals surface area contributed by atoms with Crippen LogP contribution >= 0.6 is 0 Å². The summed E-state index contributed by atoms with van der Waals surface area (Å²) in [5.74, 6) is -0.335. The number of allylic oxidation sites excluding steroid dienone is 1. The van der Waals surface area contributed by atoms with Gasteiger partial charge in [0.2, 0.25) is 11.8 Å². The summed E-state index contributed by atoms with van der Waals surface area (Å²) in [6, 6.07) is 0. The number of nitrogens with one attached hydrogen (secondary N) is 1. The van der Waals surface area contributed by atoms with Gasteiger partial charge in [0, 0.05) is 12.8 Å². The lowest BCUT2D eigenvalue weighted by molar-refractivity contribution is -0.131. The van der Waals surface area contributed by atoms with Crippen molar-refractivity contribution in [3.8, 4) is 0 Å². The van der Waals surface area contributed by atoms with E-state index in [9.17, 15) is 9.59 Å². The van der Waals surface area contributed by atoms with Crippen LogP contribution in [-0.2, 0) is 9.59 Å². The SMILES string of the molecule is CCCCC=C1CC(=O)NC(=O)C1. The molecule has 0 aromatic rings. The third-order valence-corrected chi connectivity index (χ3v) is 2.04. The Morgan fingerprint density at radius 3 is 2.46 bits per heavy atom. The Kier molecular flexibility index (Phi) is 3.68. The van der Waals surface area contributed by atoms with E-state index in [2.05, 4.69) is 12.2 Å². The summed E-state index contributed by atoms with van der Waals surface area (Å²) in [4.78, 5) is 21.9. The van der Waals surface area contributed by atoms with Gasteiger partial charge in [0.1, 0.15) is 0 Å². The van der Waals surface area contributed by atoms with E-state index in [4.69, 9.17) is 0 Å². The molecule has 0 atom stereocenters. The van der Waals surface area contributed by atoms with Crippen LogP contribution in [0.3, 0.4) is 0 Å². The lowest BCUT2D eigenvalue weighted by atomic mass is 10.0. The molecule has 0 bridgehead atoms. The van der Waals surface area contributed by atoms with Gasteiger partial charge in [-0.3, -0.25) is 14.9 Å². The minimum Gasteiger partial charge on any atom is -0.296 e. The molecule has 1 fully saturated rings. The first kappa shape index (κ1) is 9.96. The Balaban J connectivity index is 2.44. The second-order valence-electron chi connectivity index (χ2n) is 3.33. The predicted octanol–water partition coefficient (Wildman–Crippen LogP) is 1.54. The maximum absolute atomic E-state index is 10.9. The molecule has 0 aliphatic carbocycles. The van der Waals surface area contributed by atoms with Crippen molar-refractivity contribution < 1.29 is 9.59 Å². The maximum atomic E-state index is 10.9. The molecule has 0 unspecified atom stereocenters. The van der Waals surface area contributed by atoms with Crippen molar-refractivity contribution in [2.45, 2.75) is 39.0 Å². The molecule has 1 rings (SSSR count). The largest absolute Gasteiger partial charge is 0.296 e. The fourth-order valence-corrected chi connectivity index (χ4v) is 1.37. The zero-order valence-corrected chi connectivity index (χ0v) is 7.93. The lowest BCUT2D eigenvalue weighted by Crippen LogP contribution is -2.35. The topological polar surface area (TPSA) is 46.2 Å². The van der Waals surface area contributed by atoms with Gasteiger partial charge >= 0.3 is 0 Å². The summed E-state index contributed by atoms with van der Waals surface area (Å²) in [5.41, 5.74) is 0.974. The second-order valence-corrected chi connectivity index (χ2v) is 3.33. The summed E-state index contributed by atoms with van der Waals surface area (Å²) in [5, 5.41) is 2.28. The fraction of sp³-hybridized carbons (Fsp3) is 0.600. The van der Waals surface area contributed by atoms with E-state index >= 15 is 0 Å². The van der Waals surface area contributed by atoms with E-state index in [1.807, 2.05) is 6.08 Å². The number of hydrogen-bond donors (Lipinski definition) is 1. The number of rotatable bonds is 3. The second kappa shape index (κ2) is 4.80. The summed E-state index contributed by atoms with van der Waals surface area (Å²) in [7, 11) is 0. The number of unbranched alkanes of at least 4 members (excludes halogenated alkanes) is 2. The molecule has 1 saturated heterocycles. The van der Waals surface area contributed by atoms with Crippen molar-refractivity contribution in [1.82, 2.24) is 5.32 Å². The molecule has 0 spiro atoms. The van der Waals surface area contributed by atoms with Crippen LogP contribution < -0.4 is 5.32 Å². The number of amides is 2. The van der Waals surface area contributed by atoms with Crippen molar-refractivity contribution in [2.24, 2.45) is 0 Å². The Hall–Kier alpha value is -1.12. The zero-order valence-electron chi connectivity index (χ0n) is 7.93. The quantitative estimate of drug-likeness (QED) is 0.408. The van der Waals surface area contributed by atoms with Crippen molar-refractivity contribution >= 4 is 11.8 Å². The number of piperidine rings is 1. The normalized spacial score (nSPS) is 17.2.